The van der Waals surface area contributed by atoms with Crippen molar-refractivity contribution < 1.29 is 100.0 Å². The van der Waals surface area contributed by atoms with Crippen molar-refractivity contribution in [2.24, 2.45) is 0 Å². The van der Waals surface area contributed by atoms with Crippen LogP contribution in [0.15, 0.2) is 114 Å². The monoisotopic (exact) mass is 1100 g/mol. The number of carbonyl (C=O) groups excluding carboxylic acids is 9. The van der Waals surface area contributed by atoms with Gasteiger partial charge in [-0.3, -0.25) is 29.4 Å². The second-order valence-electron chi connectivity index (χ2n) is 15.8. The van der Waals surface area contributed by atoms with Crippen molar-refractivity contribution >= 4 is 94.4 Å². The van der Waals surface area contributed by atoms with Crippen LogP contribution in [0.1, 0.15) is 65.7 Å². The summed E-state index contributed by atoms with van der Waals surface area (Å²) in [5.74, 6) is -16.4. The van der Waals surface area contributed by atoms with E-state index in [1.54, 1.807) is 18.2 Å². The fourth-order valence-electron chi connectivity index (χ4n) is 7.01. The van der Waals surface area contributed by atoms with Gasteiger partial charge in [-0.15, -0.1) is 0 Å². The number of alkyl halides is 3. The molecule has 1 amide bonds. The highest BCUT2D eigenvalue weighted by atomic mass is 35.6. The lowest BCUT2D eigenvalue weighted by Gasteiger charge is -2.47. The summed E-state index contributed by atoms with van der Waals surface area (Å²) in [7, 11) is 0.818. The first-order valence-corrected chi connectivity index (χ1v) is 23.1. The van der Waals surface area contributed by atoms with Crippen LogP contribution in [-0.4, -0.2) is 132 Å². The summed E-state index contributed by atoms with van der Waals surface area (Å²) in [6.07, 6.45) is -14.3. The Morgan fingerprint density at radius 2 is 1.19 bits per heavy atom. The molecule has 0 radical (unpaired) electrons. The van der Waals surface area contributed by atoms with Gasteiger partial charge in [-0.1, -0.05) is 89.4 Å². The maximum absolute atomic E-state index is 14.8. The fraction of sp³-hybridized carbons (Fsp3) is 0.347. The SMILES string of the molecule is COC(=O)[C@@]1(O[C@H]2[C@@H](OC(=O)c3ccccc3)[C@@H](COC(=O)c3ccccc3)OC(OC(=N)C(Cl)(Cl)Cl)[C@@H]2OC(=O)c2ccccc2)C=C(OC(C)=O)C(NC(C)=O)=C([C@@H](OC(C)=O)[C@@H](COC(C)=O)OC(C)=O)O1. The molecule has 1 unspecified atom stereocenters. The molecule has 5 rings (SSSR count). The first kappa shape index (κ1) is 58.3. The third-order valence-corrected chi connectivity index (χ3v) is 10.6. The topological polar surface area (TPSA) is 300 Å². The standard InChI is InChI=1S/C49H47Cl3N2O21/c1-25(55)54-36-33(67-27(3)57)22-48(47(63)64-6,74-39(36)37(69-29(5)59)34(68-28(4)58)23-65-26(2)56)75-40-38(71-43(61)31-18-12-8-13-19-31)35(24-66-42(60)30-16-10-7-11-17-30)70-45(73-46(53)49(50,51)52)41(40)72-44(62)32-20-14-9-15-21-32/h7-22,34-35,37-38,40-41,45,53H,23-24H2,1-6H3,(H,54,55)/t34-,35-,37+,38+,40+,41-,45?,48+/m1/s1. The molecule has 0 aromatic heterocycles. The molecule has 400 valence electrons. The number of ether oxygens (including phenoxy) is 12. The Morgan fingerprint density at radius 1 is 0.667 bits per heavy atom. The van der Waals surface area contributed by atoms with Gasteiger partial charge in [-0.2, -0.15) is 0 Å². The molecule has 0 aliphatic carbocycles. The molecule has 75 heavy (non-hydrogen) atoms. The predicted molar refractivity (Wildman–Crippen MR) is 255 cm³/mol. The lowest BCUT2D eigenvalue weighted by Crippen LogP contribution is -2.66. The summed E-state index contributed by atoms with van der Waals surface area (Å²) >= 11 is 18.2. The minimum atomic E-state index is -3.35. The maximum atomic E-state index is 14.8. The van der Waals surface area contributed by atoms with Crippen LogP contribution in [0.25, 0.3) is 0 Å². The van der Waals surface area contributed by atoms with Crippen molar-refractivity contribution in [2.75, 3.05) is 20.3 Å². The van der Waals surface area contributed by atoms with E-state index in [9.17, 15) is 43.2 Å². The summed E-state index contributed by atoms with van der Waals surface area (Å²) < 4.78 is 66.9. The number of esters is 8. The minimum absolute atomic E-state index is 0.0279. The molecule has 0 saturated carbocycles. The van der Waals surface area contributed by atoms with Crippen LogP contribution in [0.2, 0.25) is 0 Å². The molecule has 26 heteroatoms. The van der Waals surface area contributed by atoms with E-state index < -0.39 is 142 Å². The van der Waals surface area contributed by atoms with Crippen molar-refractivity contribution in [1.82, 2.24) is 5.32 Å². The minimum Gasteiger partial charge on any atom is -0.464 e. The quantitative estimate of drug-likeness (QED) is 0.0531. The molecule has 1 fully saturated rings. The number of rotatable bonds is 19. The van der Waals surface area contributed by atoms with E-state index in [1.807, 2.05) is 0 Å². The van der Waals surface area contributed by atoms with Crippen LogP contribution >= 0.6 is 34.8 Å². The average molecular weight is 1110 g/mol. The molecular weight excluding hydrogens is 1060 g/mol. The van der Waals surface area contributed by atoms with Crippen LogP contribution < -0.4 is 5.32 Å². The predicted octanol–water partition coefficient (Wildman–Crippen LogP) is 4.89. The molecule has 2 aliphatic rings. The Morgan fingerprint density at radius 3 is 1.65 bits per heavy atom. The number of benzene rings is 3. The summed E-state index contributed by atoms with van der Waals surface area (Å²) in [6, 6.07) is 21.8. The highest BCUT2D eigenvalue weighted by Gasteiger charge is 2.60. The highest BCUT2D eigenvalue weighted by Crippen LogP contribution is 2.42. The first-order valence-electron chi connectivity index (χ1n) is 22.0. The molecule has 0 spiro atoms. The number of halogens is 3. The smallest absolute Gasteiger partial charge is 0.384 e. The Labute approximate surface area is 441 Å². The molecule has 2 aliphatic heterocycles. The Balaban J connectivity index is 1.86. The zero-order chi connectivity index (χ0) is 55.2. The maximum Gasteiger partial charge on any atom is 0.384 e. The zero-order valence-corrected chi connectivity index (χ0v) is 42.7. The molecule has 23 nitrogen and oxygen atoms in total. The van der Waals surface area contributed by atoms with E-state index in [1.165, 1.54) is 72.8 Å². The normalized spacial score (nSPS) is 20.9. The van der Waals surface area contributed by atoms with Crippen LogP contribution in [0.4, 0.5) is 0 Å². The van der Waals surface area contributed by atoms with Crippen LogP contribution in [0.5, 0.6) is 0 Å². The second kappa shape index (κ2) is 26.1. The summed E-state index contributed by atoms with van der Waals surface area (Å²) in [4.78, 5) is 120. The zero-order valence-electron chi connectivity index (χ0n) is 40.4. The molecular formula is C49H47Cl3N2O21. The number of nitrogens with one attached hydrogen (secondary N) is 2. The number of amides is 1. The second-order valence-corrected chi connectivity index (χ2v) is 18.1. The lowest BCUT2D eigenvalue weighted by atomic mass is 9.96. The molecule has 1 saturated heterocycles. The average Bonchev–Trinajstić information content (AvgIpc) is 3.36. The van der Waals surface area contributed by atoms with E-state index in [4.69, 9.17) is 97.1 Å². The van der Waals surface area contributed by atoms with Gasteiger partial charge in [0.1, 0.15) is 31.1 Å². The Hall–Kier alpha value is -7.57. The van der Waals surface area contributed by atoms with Gasteiger partial charge in [0.05, 0.1) is 23.8 Å². The summed E-state index contributed by atoms with van der Waals surface area (Å²) in [5.41, 5.74) is -0.922. The molecule has 2 N–H and O–H groups in total. The molecule has 0 bridgehead atoms. The number of hydrogen-bond acceptors (Lipinski definition) is 22. The van der Waals surface area contributed by atoms with Crippen molar-refractivity contribution in [1.29, 1.82) is 5.41 Å². The van der Waals surface area contributed by atoms with Gasteiger partial charge in [-0.25, -0.2) is 19.2 Å². The van der Waals surface area contributed by atoms with E-state index in [0.717, 1.165) is 41.7 Å². The van der Waals surface area contributed by atoms with E-state index in [2.05, 4.69) is 5.32 Å². The van der Waals surface area contributed by atoms with Crippen molar-refractivity contribution in [3.8, 4) is 0 Å². The summed E-state index contributed by atoms with van der Waals surface area (Å²) in [6.45, 7) is 2.86. The van der Waals surface area contributed by atoms with Crippen molar-refractivity contribution in [3.05, 3.63) is 131 Å². The fourth-order valence-corrected chi connectivity index (χ4v) is 7.14. The highest BCUT2D eigenvalue weighted by molar-refractivity contribution is 6.76. The molecule has 3 aromatic rings. The number of methoxy groups -OCH3 is 1. The van der Waals surface area contributed by atoms with E-state index in [-0.39, 0.29) is 16.7 Å². The largest absolute Gasteiger partial charge is 0.464 e. The van der Waals surface area contributed by atoms with Gasteiger partial charge in [0.25, 0.3) is 3.79 Å². The first-order chi connectivity index (χ1) is 35.4. The van der Waals surface area contributed by atoms with Gasteiger partial charge in [0, 0.05) is 40.7 Å². The Bertz CT molecular complexity index is 2700. The van der Waals surface area contributed by atoms with Gasteiger partial charge >= 0.3 is 53.5 Å². The third kappa shape index (κ3) is 16.0. The number of hydrogen-bond donors (Lipinski definition) is 2. The van der Waals surface area contributed by atoms with Crippen molar-refractivity contribution in [3.63, 3.8) is 0 Å². The van der Waals surface area contributed by atoms with Gasteiger partial charge in [0.2, 0.25) is 24.2 Å². The van der Waals surface area contributed by atoms with Gasteiger partial charge in [0.15, 0.2) is 29.8 Å². The van der Waals surface area contributed by atoms with Gasteiger partial charge < -0.3 is 62.2 Å². The number of carbonyl (C=O) groups is 9. The van der Waals surface area contributed by atoms with Gasteiger partial charge in [-0.05, 0) is 36.4 Å². The Kier molecular flexibility index (Phi) is 20.3. The summed E-state index contributed by atoms with van der Waals surface area (Å²) in [5, 5.41) is 10.9. The lowest BCUT2D eigenvalue weighted by molar-refractivity contribution is -0.323. The van der Waals surface area contributed by atoms with Crippen LogP contribution in [0, 0.1) is 5.41 Å². The molecule has 8 atom stereocenters. The molecule has 2 heterocycles. The van der Waals surface area contributed by atoms with Crippen LogP contribution in [-0.2, 0) is 85.6 Å². The van der Waals surface area contributed by atoms with Crippen LogP contribution in [0.3, 0.4) is 0 Å². The van der Waals surface area contributed by atoms with E-state index >= 15 is 0 Å². The van der Waals surface area contributed by atoms with E-state index in [0.29, 0.717) is 6.08 Å². The van der Waals surface area contributed by atoms with Crippen molar-refractivity contribution in [2.45, 2.75) is 87.1 Å². The third-order valence-electron chi connectivity index (χ3n) is 10.0. The molecule has 3 aromatic carbocycles.